The highest BCUT2D eigenvalue weighted by Gasteiger charge is 2.24. The van der Waals surface area contributed by atoms with Gasteiger partial charge in [0.25, 0.3) is 11.6 Å². The molecule has 0 bridgehead atoms. The van der Waals surface area contributed by atoms with Crippen molar-refractivity contribution in [3.05, 3.63) is 106 Å². The molecule has 1 unspecified atom stereocenters. The molecule has 0 saturated carbocycles. The number of para-hydroxylation sites is 1. The summed E-state index contributed by atoms with van der Waals surface area (Å²) in [5.74, 6) is -1.25. The number of amides is 1. The van der Waals surface area contributed by atoms with Gasteiger partial charge in [-0.15, -0.1) is 5.11 Å². The largest absolute Gasteiger partial charge is 0.508 e. The second-order valence-corrected chi connectivity index (χ2v) is 10.1. The molecule has 0 aliphatic rings. The number of phenols is 1. The minimum Gasteiger partial charge on any atom is -0.508 e. The first-order valence-electron chi connectivity index (χ1n) is 13.6. The Morgan fingerprint density at radius 1 is 0.864 bits per heavy atom. The number of carbonyl (C=O) groups excluding carboxylic acids is 2. The molecular weight excluding hydrogens is 586 g/mol. The van der Waals surface area contributed by atoms with E-state index in [4.69, 9.17) is 11.6 Å². The van der Waals surface area contributed by atoms with Gasteiger partial charge in [0.15, 0.2) is 11.5 Å². The molecule has 0 fully saturated rings. The number of nitrogens with one attached hydrogen (secondary N) is 4. The van der Waals surface area contributed by atoms with E-state index in [0.717, 1.165) is 30.4 Å². The SMILES string of the molecule is CC(=O)C(N=Nc1ccc(Cl)cc1[N+](=O)[O-])C(=O)Nc1ccc(Nc2cc(O)cc(NCCCNc3ccccc3)c2)cc1. The molecule has 0 aromatic heterocycles. The number of nitro groups is 1. The highest BCUT2D eigenvalue weighted by Crippen LogP contribution is 2.31. The predicted octanol–water partition coefficient (Wildman–Crippen LogP) is 7.29. The summed E-state index contributed by atoms with van der Waals surface area (Å²) in [7, 11) is 0. The quantitative estimate of drug-likeness (QED) is 0.0323. The standard InChI is InChI=1S/C31H30ClN7O5/c1-20(40)30(38-37-28-13-8-21(32)16-29(28)39(43)44)31(42)36-24-11-9-23(10-12-24)35-26-17-25(18-27(41)19-26)34-15-5-14-33-22-6-3-2-4-7-22/h2-4,6-13,16-19,30,33-35,41H,5,14-15H2,1H3,(H,36,42). The van der Waals surface area contributed by atoms with Crippen molar-refractivity contribution in [2.45, 2.75) is 19.4 Å². The van der Waals surface area contributed by atoms with Crippen LogP contribution < -0.4 is 21.3 Å². The number of carbonyl (C=O) groups is 2. The smallest absolute Gasteiger partial charge is 0.298 e. The van der Waals surface area contributed by atoms with Crippen LogP contribution in [0.2, 0.25) is 5.02 Å². The van der Waals surface area contributed by atoms with Gasteiger partial charge >= 0.3 is 0 Å². The molecule has 0 radical (unpaired) electrons. The zero-order valence-corrected chi connectivity index (χ0v) is 24.4. The van der Waals surface area contributed by atoms with Crippen LogP contribution in [0.4, 0.5) is 39.8 Å². The minimum atomic E-state index is -1.52. The molecule has 4 aromatic carbocycles. The van der Waals surface area contributed by atoms with Crippen LogP contribution in [0, 0.1) is 10.1 Å². The van der Waals surface area contributed by atoms with Gasteiger partial charge in [-0.2, -0.15) is 5.11 Å². The van der Waals surface area contributed by atoms with E-state index in [1.165, 1.54) is 19.1 Å². The summed E-state index contributed by atoms with van der Waals surface area (Å²) in [5, 5.41) is 41.7. The van der Waals surface area contributed by atoms with Gasteiger partial charge in [-0.05, 0) is 67.9 Å². The molecule has 1 atom stereocenters. The molecule has 0 heterocycles. The van der Waals surface area contributed by atoms with Crippen molar-refractivity contribution < 1.29 is 19.6 Å². The average molecular weight is 616 g/mol. The number of nitro benzene ring substituents is 1. The first kappa shape index (κ1) is 31.4. The van der Waals surface area contributed by atoms with Crippen molar-refractivity contribution >= 4 is 63.1 Å². The number of aromatic hydroxyl groups is 1. The first-order valence-corrected chi connectivity index (χ1v) is 14.0. The van der Waals surface area contributed by atoms with Crippen molar-refractivity contribution in [3.8, 4) is 5.75 Å². The third-order valence-corrected chi connectivity index (χ3v) is 6.43. The van der Waals surface area contributed by atoms with E-state index in [0.29, 0.717) is 23.6 Å². The number of rotatable bonds is 14. The molecule has 0 aliphatic heterocycles. The number of nitrogens with zero attached hydrogens (tertiary/aromatic N) is 3. The van der Waals surface area contributed by atoms with Gasteiger partial charge in [0, 0.05) is 64.7 Å². The van der Waals surface area contributed by atoms with Gasteiger partial charge in [0.05, 0.1) is 4.92 Å². The third-order valence-electron chi connectivity index (χ3n) is 6.19. The lowest BCUT2D eigenvalue weighted by atomic mass is 10.2. The minimum absolute atomic E-state index is 0.0946. The van der Waals surface area contributed by atoms with Gasteiger partial charge in [0.2, 0.25) is 6.04 Å². The summed E-state index contributed by atoms with van der Waals surface area (Å²) in [6, 6.07) is 24.0. The third kappa shape index (κ3) is 9.26. The van der Waals surface area contributed by atoms with E-state index < -0.39 is 28.3 Å². The molecule has 4 aromatic rings. The highest BCUT2D eigenvalue weighted by atomic mass is 35.5. The molecular formula is C31H30ClN7O5. The topological polar surface area (TPSA) is 170 Å². The lowest BCUT2D eigenvalue weighted by molar-refractivity contribution is -0.384. The van der Waals surface area contributed by atoms with E-state index in [9.17, 15) is 24.8 Å². The summed E-state index contributed by atoms with van der Waals surface area (Å²) >= 11 is 5.81. The van der Waals surface area contributed by atoms with Gasteiger partial charge in [-0.3, -0.25) is 19.7 Å². The summed E-state index contributed by atoms with van der Waals surface area (Å²) < 4.78 is 0. The van der Waals surface area contributed by atoms with Crippen molar-refractivity contribution in [2.24, 2.45) is 10.2 Å². The second kappa shape index (κ2) is 15.1. The lowest BCUT2D eigenvalue weighted by Crippen LogP contribution is -2.31. The van der Waals surface area contributed by atoms with E-state index in [1.807, 2.05) is 36.4 Å². The van der Waals surface area contributed by atoms with Crippen LogP contribution in [-0.2, 0) is 9.59 Å². The number of benzene rings is 4. The molecule has 13 heteroatoms. The van der Waals surface area contributed by atoms with Gasteiger partial charge < -0.3 is 26.4 Å². The molecule has 44 heavy (non-hydrogen) atoms. The number of hydrogen-bond donors (Lipinski definition) is 5. The number of ketones is 1. The van der Waals surface area contributed by atoms with Crippen LogP contribution in [0.15, 0.2) is 101 Å². The van der Waals surface area contributed by atoms with E-state index >= 15 is 0 Å². The summed E-state index contributed by atoms with van der Waals surface area (Å²) in [6.45, 7) is 2.67. The number of anilines is 5. The normalized spacial score (nSPS) is 11.5. The van der Waals surface area contributed by atoms with E-state index in [2.05, 4.69) is 31.5 Å². The lowest BCUT2D eigenvalue weighted by Gasteiger charge is -2.13. The fraction of sp³-hybridized carbons (Fsp3) is 0.161. The molecule has 0 spiro atoms. The maximum atomic E-state index is 12.8. The Labute approximate surface area is 258 Å². The van der Waals surface area contributed by atoms with E-state index in [-0.39, 0.29) is 16.5 Å². The molecule has 4 rings (SSSR count). The maximum Gasteiger partial charge on any atom is 0.298 e. The van der Waals surface area contributed by atoms with Crippen LogP contribution in [0.25, 0.3) is 0 Å². The average Bonchev–Trinajstić information content (AvgIpc) is 2.99. The van der Waals surface area contributed by atoms with Crippen LogP contribution in [0.5, 0.6) is 5.75 Å². The predicted molar refractivity (Wildman–Crippen MR) is 172 cm³/mol. The molecule has 226 valence electrons. The van der Waals surface area contributed by atoms with Crippen LogP contribution in [0.1, 0.15) is 13.3 Å². The first-order chi connectivity index (χ1) is 21.2. The second-order valence-electron chi connectivity index (χ2n) is 9.65. The Kier molecular flexibility index (Phi) is 10.8. The molecule has 5 N–H and O–H groups in total. The van der Waals surface area contributed by atoms with Crippen molar-refractivity contribution in [1.29, 1.82) is 0 Å². The molecule has 1 amide bonds. The summed E-state index contributed by atoms with van der Waals surface area (Å²) in [5.41, 5.74) is 3.00. The summed E-state index contributed by atoms with van der Waals surface area (Å²) in [6.07, 6.45) is 0.868. The van der Waals surface area contributed by atoms with Crippen LogP contribution in [-0.4, -0.2) is 40.9 Å². The Morgan fingerprint density at radius 2 is 1.52 bits per heavy atom. The van der Waals surface area contributed by atoms with E-state index in [1.54, 1.807) is 36.4 Å². The fourth-order valence-corrected chi connectivity index (χ4v) is 4.24. The monoisotopic (exact) mass is 615 g/mol. The Balaban J connectivity index is 1.33. The van der Waals surface area contributed by atoms with Crippen LogP contribution in [0.3, 0.4) is 0 Å². The Hall–Kier alpha value is -5.49. The fourth-order valence-electron chi connectivity index (χ4n) is 4.08. The Bertz CT molecular complexity index is 1650. The number of Topliss-reactive ketones (excluding diaryl/α,β-unsaturated/α-hetero) is 1. The van der Waals surface area contributed by atoms with Crippen molar-refractivity contribution in [3.63, 3.8) is 0 Å². The highest BCUT2D eigenvalue weighted by molar-refractivity contribution is 6.30. The number of azo groups is 1. The van der Waals surface area contributed by atoms with Gasteiger partial charge in [-0.25, -0.2) is 0 Å². The zero-order chi connectivity index (χ0) is 31.5. The number of hydrogen-bond acceptors (Lipinski definition) is 10. The number of halogens is 1. The van der Waals surface area contributed by atoms with Crippen molar-refractivity contribution in [2.75, 3.05) is 34.4 Å². The van der Waals surface area contributed by atoms with Gasteiger partial charge in [0.1, 0.15) is 5.75 Å². The van der Waals surface area contributed by atoms with Gasteiger partial charge in [-0.1, -0.05) is 29.8 Å². The maximum absolute atomic E-state index is 12.8. The molecule has 0 aliphatic carbocycles. The summed E-state index contributed by atoms with van der Waals surface area (Å²) in [4.78, 5) is 35.5. The zero-order valence-electron chi connectivity index (χ0n) is 23.7. The molecule has 0 saturated heterocycles. The number of phenolic OH excluding ortho intramolecular Hbond substituents is 1. The molecule has 12 nitrogen and oxygen atoms in total. The Morgan fingerprint density at radius 3 is 2.20 bits per heavy atom. The van der Waals surface area contributed by atoms with Crippen molar-refractivity contribution in [1.82, 2.24) is 0 Å². The van der Waals surface area contributed by atoms with Crippen LogP contribution >= 0.6 is 11.6 Å².